The normalized spacial score (nSPS) is 15.4. The van der Waals surface area contributed by atoms with Gasteiger partial charge in [0.25, 0.3) is 0 Å². The molecule has 2 aromatic carbocycles. The van der Waals surface area contributed by atoms with Crippen LogP contribution in [0, 0.1) is 20.8 Å². The fourth-order valence-electron chi connectivity index (χ4n) is 3.41. The molecule has 28 heavy (non-hydrogen) atoms. The number of aryl methyl sites for hydroxylation is 3. The molecule has 2 aromatic rings. The lowest BCUT2D eigenvalue weighted by atomic mass is 10.1. The summed E-state index contributed by atoms with van der Waals surface area (Å²) in [6, 6.07) is 10.7. The Bertz CT molecular complexity index is 976. The zero-order valence-electron chi connectivity index (χ0n) is 16.7. The zero-order valence-corrected chi connectivity index (χ0v) is 17.5. The summed E-state index contributed by atoms with van der Waals surface area (Å²) in [7, 11) is -3.59. The summed E-state index contributed by atoms with van der Waals surface area (Å²) in [5, 5.41) is 0. The largest absolute Gasteiger partial charge is 0.457 e. The molecule has 0 aliphatic carbocycles. The molecule has 0 aromatic heterocycles. The number of esters is 1. The van der Waals surface area contributed by atoms with Crippen molar-refractivity contribution in [2.24, 2.45) is 0 Å². The Balaban J connectivity index is 1.80. The van der Waals surface area contributed by atoms with Gasteiger partial charge in [0.2, 0.25) is 10.0 Å². The molecule has 0 atom stereocenters. The minimum absolute atomic E-state index is 0.152. The summed E-state index contributed by atoms with van der Waals surface area (Å²) in [5.41, 5.74) is 4.09. The van der Waals surface area contributed by atoms with Crippen molar-refractivity contribution in [1.82, 2.24) is 4.31 Å². The molecule has 6 heteroatoms. The highest BCUT2D eigenvalue weighted by molar-refractivity contribution is 7.89. The average Bonchev–Trinajstić information content (AvgIpc) is 2.69. The SMILES string of the molecule is Cc1ccc(C)c(COC(=O)c2cc(S(=O)(=O)N3CCCCC3)ccc2C)c1. The molecule has 1 aliphatic rings. The van der Waals surface area contributed by atoms with E-state index in [1.54, 1.807) is 19.1 Å². The second-order valence-corrected chi connectivity index (χ2v) is 9.39. The van der Waals surface area contributed by atoms with Crippen molar-refractivity contribution in [2.45, 2.75) is 51.5 Å². The predicted molar refractivity (Wildman–Crippen MR) is 109 cm³/mol. The molecule has 0 bridgehead atoms. The fraction of sp³-hybridized carbons (Fsp3) is 0.409. The lowest BCUT2D eigenvalue weighted by Gasteiger charge is -2.26. The fourth-order valence-corrected chi connectivity index (χ4v) is 4.96. The molecule has 0 saturated carbocycles. The minimum Gasteiger partial charge on any atom is -0.457 e. The number of ether oxygens (including phenoxy) is 1. The molecule has 5 nitrogen and oxygen atoms in total. The smallest absolute Gasteiger partial charge is 0.338 e. The van der Waals surface area contributed by atoms with E-state index in [0.717, 1.165) is 36.0 Å². The van der Waals surface area contributed by atoms with Crippen LogP contribution in [0.5, 0.6) is 0 Å². The number of carbonyl (C=O) groups is 1. The molecular weight excluding hydrogens is 374 g/mol. The summed E-state index contributed by atoms with van der Waals surface area (Å²) < 4.78 is 32.8. The molecule has 0 amide bonds. The van der Waals surface area contributed by atoms with Crippen LogP contribution in [0.4, 0.5) is 0 Å². The van der Waals surface area contributed by atoms with Crippen LogP contribution in [0.3, 0.4) is 0 Å². The van der Waals surface area contributed by atoms with E-state index in [2.05, 4.69) is 0 Å². The van der Waals surface area contributed by atoms with E-state index in [-0.39, 0.29) is 11.5 Å². The van der Waals surface area contributed by atoms with Gasteiger partial charge in [-0.15, -0.1) is 0 Å². The average molecular weight is 402 g/mol. The number of benzene rings is 2. The van der Waals surface area contributed by atoms with Gasteiger partial charge in [-0.25, -0.2) is 13.2 Å². The number of hydrogen-bond acceptors (Lipinski definition) is 4. The summed E-state index contributed by atoms with van der Waals surface area (Å²) in [5.74, 6) is -0.505. The third-order valence-corrected chi connectivity index (χ3v) is 7.14. The number of sulfonamides is 1. The Morgan fingerprint density at radius 3 is 2.36 bits per heavy atom. The number of piperidine rings is 1. The van der Waals surface area contributed by atoms with E-state index >= 15 is 0 Å². The van der Waals surface area contributed by atoms with Crippen LogP contribution < -0.4 is 0 Å². The summed E-state index contributed by atoms with van der Waals surface area (Å²) in [6.07, 6.45) is 2.79. The first-order valence-corrected chi connectivity index (χ1v) is 11.1. The van der Waals surface area contributed by atoms with Gasteiger partial charge in [0.15, 0.2) is 0 Å². The third-order valence-electron chi connectivity index (χ3n) is 5.25. The number of hydrogen-bond donors (Lipinski definition) is 0. The van der Waals surface area contributed by atoms with Crippen molar-refractivity contribution in [3.8, 4) is 0 Å². The number of nitrogens with zero attached hydrogens (tertiary/aromatic N) is 1. The second kappa shape index (κ2) is 8.45. The molecule has 1 heterocycles. The Hall–Kier alpha value is -2.18. The van der Waals surface area contributed by atoms with Crippen LogP contribution in [0.2, 0.25) is 0 Å². The van der Waals surface area contributed by atoms with Crippen molar-refractivity contribution in [3.63, 3.8) is 0 Å². The predicted octanol–water partition coefficient (Wildman–Crippen LogP) is 4.14. The maximum absolute atomic E-state index is 12.9. The van der Waals surface area contributed by atoms with Crippen molar-refractivity contribution < 1.29 is 17.9 Å². The molecule has 0 spiro atoms. The van der Waals surface area contributed by atoms with Crippen LogP contribution in [-0.4, -0.2) is 31.8 Å². The quantitative estimate of drug-likeness (QED) is 0.706. The first-order chi connectivity index (χ1) is 13.3. The number of rotatable bonds is 5. The molecule has 0 N–H and O–H groups in total. The molecule has 1 saturated heterocycles. The van der Waals surface area contributed by atoms with Crippen LogP contribution in [0.1, 0.15) is 51.9 Å². The van der Waals surface area contributed by atoms with E-state index in [0.29, 0.717) is 24.2 Å². The van der Waals surface area contributed by atoms with Crippen LogP contribution in [0.25, 0.3) is 0 Å². The van der Waals surface area contributed by atoms with Crippen LogP contribution >= 0.6 is 0 Å². The van der Waals surface area contributed by atoms with Gasteiger partial charge in [0.1, 0.15) is 6.61 Å². The maximum Gasteiger partial charge on any atom is 0.338 e. The van der Waals surface area contributed by atoms with Gasteiger partial charge >= 0.3 is 5.97 Å². The van der Waals surface area contributed by atoms with Crippen molar-refractivity contribution in [1.29, 1.82) is 0 Å². The molecule has 1 aliphatic heterocycles. The molecule has 0 unspecified atom stereocenters. The third kappa shape index (κ3) is 4.45. The molecule has 3 rings (SSSR count). The first-order valence-electron chi connectivity index (χ1n) is 9.63. The Morgan fingerprint density at radius 2 is 1.64 bits per heavy atom. The van der Waals surface area contributed by atoms with Gasteiger partial charge in [-0.05, 0) is 62.4 Å². The summed E-state index contributed by atoms with van der Waals surface area (Å²) in [4.78, 5) is 12.8. The Kier molecular flexibility index (Phi) is 6.20. The molecule has 150 valence electrons. The Morgan fingerprint density at radius 1 is 0.964 bits per heavy atom. The molecule has 1 fully saturated rings. The van der Waals surface area contributed by atoms with Crippen molar-refractivity contribution in [3.05, 3.63) is 64.2 Å². The summed E-state index contributed by atoms with van der Waals surface area (Å²) in [6.45, 7) is 6.97. The van der Waals surface area contributed by atoms with Crippen molar-refractivity contribution in [2.75, 3.05) is 13.1 Å². The van der Waals surface area contributed by atoms with Crippen molar-refractivity contribution >= 4 is 16.0 Å². The summed E-state index contributed by atoms with van der Waals surface area (Å²) >= 11 is 0. The highest BCUT2D eigenvalue weighted by atomic mass is 32.2. The van der Waals surface area contributed by atoms with Gasteiger partial charge in [-0.3, -0.25) is 0 Å². The lowest BCUT2D eigenvalue weighted by Crippen LogP contribution is -2.35. The second-order valence-electron chi connectivity index (χ2n) is 7.45. The zero-order chi connectivity index (χ0) is 20.3. The standard InChI is InChI=1S/C22H27NO4S/c1-16-7-8-17(2)19(13-16)15-27-22(24)21-14-20(10-9-18(21)3)28(25,26)23-11-5-4-6-12-23/h7-10,13-14H,4-6,11-12,15H2,1-3H3. The lowest BCUT2D eigenvalue weighted by molar-refractivity contribution is 0.0471. The molecule has 0 radical (unpaired) electrons. The van der Waals surface area contributed by atoms with Gasteiger partial charge in [0.05, 0.1) is 10.5 Å². The minimum atomic E-state index is -3.59. The monoisotopic (exact) mass is 401 g/mol. The Labute approximate surface area is 167 Å². The molecular formula is C22H27NO4S. The van der Waals surface area contributed by atoms with Gasteiger partial charge in [0, 0.05) is 13.1 Å². The van der Waals surface area contributed by atoms with E-state index in [9.17, 15) is 13.2 Å². The first kappa shape index (κ1) is 20.6. The highest BCUT2D eigenvalue weighted by Crippen LogP contribution is 2.23. The van der Waals surface area contributed by atoms with E-state index in [1.165, 1.54) is 10.4 Å². The number of carbonyl (C=O) groups excluding carboxylic acids is 1. The topological polar surface area (TPSA) is 63.7 Å². The van der Waals surface area contributed by atoms with E-state index < -0.39 is 16.0 Å². The van der Waals surface area contributed by atoms with Gasteiger partial charge in [-0.2, -0.15) is 4.31 Å². The van der Waals surface area contributed by atoms with E-state index in [4.69, 9.17) is 4.74 Å². The highest BCUT2D eigenvalue weighted by Gasteiger charge is 2.27. The maximum atomic E-state index is 12.9. The van der Waals surface area contributed by atoms with Gasteiger partial charge in [-0.1, -0.05) is 36.2 Å². The van der Waals surface area contributed by atoms with E-state index in [1.807, 2.05) is 32.0 Å². The van der Waals surface area contributed by atoms with Crippen LogP contribution in [0.15, 0.2) is 41.3 Å². The van der Waals surface area contributed by atoms with Crippen LogP contribution in [-0.2, 0) is 21.4 Å². The van der Waals surface area contributed by atoms with Gasteiger partial charge < -0.3 is 4.74 Å².